The van der Waals surface area contributed by atoms with Gasteiger partial charge >= 0.3 is 0 Å². The SMILES string of the molecule is CCCCCCN(CCN1CCOCC1)C(=O)c1cccc(NC(C)=O)c1. The molecule has 6 nitrogen and oxygen atoms in total. The zero-order valence-corrected chi connectivity index (χ0v) is 16.7. The van der Waals surface area contributed by atoms with Crippen LogP contribution in [0, 0.1) is 0 Å². The second kappa shape index (κ2) is 11.7. The van der Waals surface area contributed by atoms with Crippen molar-refractivity contribution in [2.75, 3.05) is 51.3 Å². The van der Waals surface area contributed by atoms with Crippen LogP contribution in [0.5, 0.6) is 0 Å². The maximum atomic E-state index is 13.1. The standard InChI is InChI=1S/C21H33N3O3/c1-3-4-5-6-10-24(12-11-23-13-15-27-16-14-23)21(26)19-8-7-9-20(17-19)22-18(2)25/h7-9,17H,3-6,10-16H2,1-2H3,(H,22,25). The summed E-state index contributed by atoms with van der Waals surface area (Å²) in [5, 5.41) is 2.75. The van der Waals surface area contributed by atoms with Gasteiger partial charge in [-0.15, -0.1) is 0 Å². The minimum atomic E-state index is -0.136. The predicted octanol–water partition coefficient (Wildman–Crippen LogP) is 3.00. The van der Waals surface area contributed by atoms with Gasteiger partial charge in [0.15, 0.2) is 0 Å². The Bertz CT molecular complexity index is 600. The van der Waals surface area contributed by atoms with E-state index >= 15 is 0 Å². The Morgan fingerprint density at radius 2 is 1.93 bits per heavy atom. The van der Waals surface area contributed by atoms with Crippen molar-refractivity contribution in [2.24, 2.45) is 0 Å². The van der Waals surface area contributed by atoms with Gasteiger partial charge in [0.25, 0.3) is 5.91 Å². The molecule has 0 aromatic heterocycles. The highest BCUT2D eigenvalue weighted by Gasteiger charge is 2.18. The molecule has 0 radical (unpaired) electrons. The summed E-state index contributed by atoms with van der Waals surface area (Å²) in [6.45, 7) is 9.40. The number of hydrogen-bond acceptors (Lipinski definition) is 4. The van der Waals surface area contributed by atoms with Crippen LogP contribution in [0.4, 0.5) is 5.69 Å². The average Bonchev–Trinajstić information content (AvgIpc) is 2.67. The number of carbonyl (C=O) groups excluding carboxylic acids is 2. The highest BCUT2D eigenvalue weighted by molar-refractivity contribution is 5.96. The van der Waals surface area contributed by atoms with E-state index in [0.717, 1.165) is 58.8 Å². The van der Waals surface area contributed by atoms with E-state index < -0.39 is 0 Å². The lowest BCUT2D eigenvalue weighted by atomic mass is 10.1. The van der Waals surface area contributed by atoms with E-state index in [9.17, 15) is 9.59 Å². The fourth-order valence-corrected chi connectivity index (χ4v) is 3.25. The summed E-state index contributed by atoms with van der Waals surface area (Å²) in [4.78, 5) is 28.7. The first-order chi connectivity index (χ1) is 13.1. The van der Waals surface area contributed by atoms with Crippen LogP contribution < -0.4 is 5.32 Å². The normalized spacial score (nSPS) is 14.7. The van der Waals surface area contributed by atoms with Crippen molar-refractivity contribution in [3.05, 3.63) is 29.8 Å². The minimum Gasteiger partial charge on any atom is -0.379 e. The first kappa shape index (κ1) is 21.4. The second-order valence-corrected chi connectivity index (χ2v) is 7.07. The third kappa shape index (κ3) is 7.69. The van der Waals surface area contributed by atoms with Gasteiger partial charge < -0.3 is 15.0 Å². The van der Waals surface area contributed by atoms with Crippen molar-refractivity contribution in [3.8, 4) is 0 Å². The van der Waals surface area contributed by atoms with Gasteiger partial charge in [-0.3, -0.25) is 14.5 Å². The first-order valence-electron chi connectivity index (χ1n) is 10.1. The van der Waals surface area contributed by atoms with Crippen molar-refractivity contribution in [1.29, 1.82) is 0 Å². The van der Waals surface area contributed by atoms with E-state index in [-0.39, 0.29) is 11.8 Å². The van der Waals surface area contributed by atoms with Gasteiger partial charge in [0.05, 0.1) is 13.2 Å². The summed E-state index contributed by atoms with van der Waals surface area (Å²) in [6.07, 6.45) is 4.54. The van der Waals surface area contributed by atoms with Gasteiger partial charge in [-0.2, -0.15) is 0 Å². The summed E-state index contributed by atoms with van der Waals surface area (Å²) in [6, 6.07) is 7.20. The van der Waals surface area contributed by atoms with E-state index in [1.54, 1.807) is 12.1 Å². The van der Waals surface area contributed by atoms with E-state index in [2.05, 4.69) is 17.1 Å². The average molecular weight is 376 g/mol. The van der Waals surface area contributed by atoms with Gasteiger partial charge in [-0.1, -0.05) is 32.3 Å². The highest BCUT2D eigenvalue weighted by atomic mass is 16.5. The molecule has 150 valence electrons. The number of morpholine rings is 1. The predicted molar refractivity (Wildman–Crippen MR) is 108 cm³/mol. The van der Waals surface area contributed by atoms with Crippen molar-refractivity contribution in [2.45, 2.75) is 39.5 Å². The van der Waals surface area contributed by atoms with Gasteiger partial charge in [0, 0.05) is 50.9 Å². The molecule has 1 heterocycles. The second-order valence-electron chi connectivity index (χ2n) is 7.07. The Labute approximate surface area is 162 Å². The maximum Gasteiger partial charge on any atom is 0.253 e. The summed E-state index contributed by atoms with van der Waals surface area (Å²) in [5.41, 5.74) is 1.28. The fraction of sp³-hybridized carbons (Fsp3) is 0.619. The molecular formula is C21H33N3O3. The molecular weight excluding hydrogens is 342 g/mol. The van der Waals surface area contributed by atoms with Crippen molar-refractivity contribution >= 4 is 17.5 Å². The van der Waals surface area contributed by atoms with E-state index in [4.69, 9.17) is 4.74 Å². The van der Waals surface area contributed by atoms with Crippen molar-refractivity contribution in [1.82, 2.24) is 9.80 Å². The molecule has 1 aliphatic rings. The topological polar surface area (TPSA) is 61.9 Å². The molecule has 0 atom stereocenters. The molecule has 1 fully saturated rings. The monoisotopic (exact) mass is 375 g/mol. The zero-order valence-electron chi connectivity index (χ0n) is 16.7. The van der Waals surface area contributed by atoms with Gasteiger partial charge in [0.1, 0.15) is 0 Å². The molecule has 1 aliphatic heterocycles. The molecule has 27 heavy (non-hydrogen) atoms. The quantitative estimate of drug-likeness (QED) is 0.639. The molecule has 2 rings (SSSR count). The van der Waals surface area contributed by atoms with E-state index in [1.807, 2.05) is 17.0 Å². The van der Waals surface area contributed by atoms with Gasteiger partial charge in [-0.05, 0) is 24.6 Å². The van der Waals surface area contributed by atoms with Crippen LogP contribution in [0.15, 0.2) is 24.3 Å². The molecule has 1 N–H and O–H groups in total. The van der Waals surface area contributed by atoms with Crippen LogP contribution in [0.25, 0.3) is 0 Å². The Balaban J connectivity index is 2.00. The molecule has 0 bridgehead atoms. The Morgan fingerprint density at radius 1 is 1.15 bits per heavy atom. The Morgan fingerprint density at radius 3 is 2.63 bits per heavy atom. The Hall–Kier alpha value is -1.92. The zero-order chi connectivity index (χ0) is 19.5. The van der Waals surface area contributed by atoms with Crippen molar-refractivity contribution in [3.63, 3.8) is 0 Å². The summed E-state index contributed by atoms with van der Waals surface area (Å²) in [7, 11) is 0. The maximum absolute atomic E-state index is 13.1. The molecule has 1 aromatic rings. The lowest BCUT2D eigenvalue weighted by Gasteiger charge is -2.30. The molecule has 2 amide bonds. The van der Waals surface area contributed by atoms with Crippen LogP contribution in [-0.4, -0.2) is 67.6 Å². The van der Waals surface area contributed by atoms with Gasteiger partial charge in [0.2, 0.25) is 5.91 Å². The molecule has 1 saturated heterocycles. The number of carbonyl (C=O) groups is 2. The number of hydrogen-bond donors (Lipinski definition) is 1. The summed E-state index contributed by atoms with van der Waals surface area (Å²) in [5.74, 6) is -0.102. The smallest absolute Gasteiger partial charge is 0.253 e. The number of rotatable bonds is 10. The van der Waals surface area contributed by atoms with Crippen LogP contribution in [0.2, 0.25) is 0 Å². The lowest BCUT2D eigenvalue weighted by molar-refractivity contribution is -0.114. The molecule has 1 aromatic carbocycles. The molecule has 0 unspecified atom stereocenters. The summed E-state index contributed by atoms with van der Waals surface area (Å²) >= 11 is 0. The largest absolute Gasteiger partial charge is 0.379 e. The number of nitrogens with one attached hydrogen (secondary N) is 1. The molecule has 0 saturated carbocycles. The molecule has 6 heteroatoms. The summed E-state index contributed by atoms with van der Waals surface area (Å²) < 4.78 is 5.40. The van der Waals surface area contributed by atoms with Crippen LogP contribution in [0.1, 0.15) is 49.9 Å². The highest BCUT2D eigenvalue weighted by Crippen LogP contribution is 2.14. The number of anilines is 1. The van der Waals surface area contributed by atoms with Crippen LogP contribution >= 0.6 is 0 Å². The number of benzene rings is 1. The number of nitrogens with zero attached hydrogens (tertiary/aromatic N) is 2. The molecule has 0 aliphatic carbocycles. The van der Waals surface area contributed by atoms with Crippen molar-refractivity contribution < 1.29 is 14.3 Å². The van der Waals surface area contributed by atoms with Crippen LogP contribution in [-0.2, 0) is 9.53 Å². The third-order valence-corrected chi connectivity index (χ3v) is 4.79. The lowest BCUT2D eigenvalue weighted by Crippen LogP contribution is -2.43. The van der Waals surface area contributed by atoms with E-state index in [1.165, 1.54) is 19.8 Å². The Kier molecular flexibility index (Phi) is 9.28. The number of amides is 2. The first-order valence-corrected chi connectivity index (χ1v) is 10.1. The number of ether oxygens (including phenoxy) is 1. The van der Waals surface area contributed by atoms with E-state index in [0.29, 0.717) is 11.3 Å². The molecule has 0 spiro atoms. The fourth-order valence-electron chi connectivity index (χ4n) is 3.25. The van der Waals surface area contributed by atoms with Crippen LogP contribution in [0.3, 0.4) is 0 Å². The minimum absolute atomic E-state index is 0.0342. The third-order valence-electron chi connectivity index (χ3n) is 4.79. The van der Waals surface area contributed by atoms with Gasteiger partial charge in [-0.25, -0.2) is 0 Å². The number of unbranched alkanes of at least 4 members (excludes halogenated alkanes) is 3.